The van der Waals surface area contributed by atoms with Crippen molar-refractivity contribution in [1.29, 1.82) is 0 Å². The second-order valence-electron chi connectivity index (χ2n) is 3.69. The highest BCUT2D eigenvalue weighted by molar-refractivity contribution is 6.39. The molecule has 92 valence electrons. The first kappa shape index (κ1) is 12.5. The standard InChI is InChI=1S/C11H11Cl2NO3/c12-8-5-7(11(15)16)6-9(13)10(8)14-1-3-17-4-2-14/h5-6H,1-4H2,(H,15,16). The van der Waals surface area contributed by atoms with E-state index in [-0.39, 0.29) is 5.56 Å². The van der Waals surface area contributed by atoms with E-state index in [1.807, 2.05) is 4.90 Å². The second-order valence-corrected chi connectivity index (χ2v) is 4.51. The van der Waals surface area contributed by atoms with E-state index in [0.29, 0.717) is 42.0 Å². The Kier molecular flexibility index (Phi) is 3.76. The van der Waals surface area contributed by atoms with Crippen LogP contribution in [0.2, 0.25) is 10.0 Å². The molecular formula is C11H11Cl2NO3. The Hall–Kier alpha value is -0.970. The largest absolute Gasteiger partial charge is 0.478 e. The number of carboxylic acid groups (broad SMARTS) is 1. The highest BCUT2D eigenvalue weighted by atomic mass is 35.5. The Morgan fingerprint density at radius 1 is 1.24 bits per heavy atom. The molecule has 2 rings (SSSR count). The normalized spacial score (nSPS) is 16.0. The van der Waals surface area contributed by atoms with E-state index in [0.717, 1.165) is 0 Å². The van der Waals surface area contributed by atoms with Crippen molar-refractivity contribution >= 4 is 34.9 Å². The number of carboxylic acids is 1. The lowest BCUT2D eigenvalue weighted by Gasteiger charge is -2.30. The van der Waals surface area contributed by atoms with Crippen LogP contribution < -0.4 is 4.90 Å². The minimum atomic E-state index is -1.04. The topological polar surface area (TPSA) is 49.8 Å². The summed E-state index contributed by atoms with van der Waals surface area (Å²) >= 11 is 12.2. The van der Waals surface area contributed by atoms with Crippen LogP contribution in [0.5, 0.6) is 0 Å². The summed E-state index contributed by atoms with van der Waals surface area (Å²) in [5.74, 6) is -1.04. The van der Waals surface area contributed by atoms with Gasteiger partial charge in [-0.15, -0.1) is 0 Å². The van der Waals surface area contributed by atoms with E-state index < -0.39 is 5.97 Å². The first-order valence-electron chi connectivity index (χ1n) is 5.14. The lowest BCUT2D eigenvalue weighted by molar-refractivity contribution is 0.0697. The number of halogens is 2. The molecule has 1 aromatic carbocycles. The van der Waals surface area contributed by atoms with Crippen molar-refractivity contribution in [2.45, 2.75) is 0 Å². The van der Waals surface area contributed by atoms with Gasteiger partial charge in [-0.2, -0.15) is 0 Å². The average molecular weight is 276 g/mol. The van der Waals surface area contributed by atoms with E-state index >= 15 is 0 Å². The number of hydrogen-bond donors (Lipinski definition) is 1. The second kappa shape index (κ2) is 5.12. The average Bonchev–Trinajstić information content (AvgIpc) is 2.29. The fourth-order valence-electron chi connectivity index (χ4n) is 1.78. The Balaban J connectivity index is 2.37. The summed E-state index contributed by atoms with van der Waals surface area (Å²) in [6, 6.07) is 2.83. The molecule has 0 bridgehead atoms. The Bertz CT molecular complexity index is 421. The third-order valence-corrected chi connectivity index (χ3v) is 3.17. The number of benzene rings is 1. The van der Waals surface area contributed by atoms with Gasteiger partial charge in [0.05, 0.1) is 34.5 Å². The summed E-state index contributed by atoms with van der Waals surface area (Å²) in [7, 11) is 0. The van der Waals surface area contributed by atoms with E-state index in [2.05, 4.69) is 0 Å². The van der Waals surface area contributed by atoms with Gasteiger partial charge in [0.2, 0.25) is 0 Å². The molecule has 17 heavy (non-hydrogen) atoms. The van der Waals surface area contributed by atoms with Crippen LogP contribution in [0.1, 0.15) is 10.4 Å². The quantitative estimate of drug-likeness (QED) is 0.901. The molecule has 1 aromatic rings. The van der Waals surface area contributed by atoms with Gasteiger partial charge in [-0.25, -0.2) is 4.79 Å². The first-order chi connectivity index (χ1) is 8.09. The van der Waals surface area contributed by atoms with E-state index in [1.165, 1.54) is 12.1 Å². The number of hydrogen-bond acceptors (Lipinski definition) is 3. The molecule has 0 aromatic heterocycles. The predicted octanol–water partition coefficient (Wildman–Crippen LogP) is 2.53. The van der Waals surface area contributed by atoms with E-state index in [1.54, 1.807) is 0 Å². The SMILES string of the molecule is O=C(O)c1cc(Cl)c(N2CCOCC2)c(Cl)c1. The van der Waals surface area contributed by atoms with Gasteiger partial charge >= 0.3 is 5.97 Å². The number of carbonyl (C=O) groups is 1. The fraction of sp³-hybridized carbons (Fsp3) is 0.364. The highest BCUT2D eigenvalue weighted by Crippen LogP contribution is 2.35. The molecule has 0 amide bonds. The minimum absolute atomic E-state index is 0.0945. The molecule has 1 saturated heterocycles. The molecule has 1 fully saturated rings. The van der Waals surface area contributed by atoms with Crippen LogP contribution in [-0.4, -0.2) is 37.4 Å². The summed E-state index contributed by atoms with van der Waals surface area (Å²) in [4.78, 5) is 12.8. The highest BCUT2D eigenvalue weighted by Gasteiger charge is 2.19. The van der Waals surface area contributed by atoms with Crippen LogP contribution in [0.3, 0.4) is 0 Å². The zero-order chi connectivity index (χ0) is 12.4. The molecule has 6 heteroatoms. The zero-order valence-electron chi connectivity index (χ0n) is 8.95. The van der Waals surface area contributed by atoms with Gasteiger partial charge in [-0.3, -0.25) is 0 Å². The van der Waals surface area contributed by atoms with Gasteiger partial charge in [-0.1, -0.05) is 23.2 Å². The maximum Gasteiger partial charge on any atom is 0.335 e. The fourth-order valence-corrected chi connectivity index (χ4v) is 2.50. The Labute approximate surface area is 109 Å². The number of anilines is 1. The predicted molar refractivity (Wildman–Crippen MR) is 66.5 cm³/mol. The van der Waals surface area contributed by atoms with Crippen LogP contribution >= 0.6 is 23.2 Å². The summed E-state index contributed by atoms with van der Waals surface area (Å²) in [6.07, 6.45) is 0. The van der Waals surface area contributed by atoms with Gasteiger partial charge in [-0.05, 0) is 12.1 Å². The molecule has 0 atom stereocenters. The van der Waals surface area contributed by atoms with Crippen LogP contribution in [0.15, 0.2) is 12.1 Å². The van der Waals surface area contributed by atoms with Crippen molar-refractivity contribution in [3.05, 3.63) is 27.7 Å². The van der Waals surface area contributed by atoms with Crippen molar-refractivity contribution in [1.82, 2.24) is 0 Å². The molecule has 1 aliphatic rings. The smallest absolute Gasteiger partial charge is 0.335 e. The Morgan fingerprint density at radius 3 is 2.24 bits per heavy atom. The van der Waals surface area contributed by atoms with E-state index in [9.17, 15) is 4.79 Å². The number of morpholine rings is 1. The molecular weight excluding hydrogens is 265 g/mol. The molecule has 0 radical (unpaired) electrons. The third-order valence-electron chi connectivity index (χ3n) is 2.59. The van der Waals surface area contributed by atoms with Crippen molar-refractivity contribution in [3.63, 3.8) is 0 Å². The molecule has 0 aliphatic carbocycles. The molecule has 0 spiro atoms. The van der Waals surface area contributed by atoms with Crippen LogP contribution in [0, 0.1) is 0 Å². The molecule has 1 heterocycles. The van der Waals surface area contributed by atoms with Crippen molar-refractivity contribution in [2.24, 2.45) is 0 Å². The van der Waals surface area contributed by atoms with Gasteiger partial charge in [0.1, 0.15) is 0 Å². The number of aromatic carboxylic acids is 1. The summed E-state index contributed by atoms with van der Waals surface area (Å²) in [5, 5.41) is 9.60. The molecule has 0 unspecified atom stereocenters. The molecule has 4 nitrogen and oxygen atoms in total. The maximum absolute atomic E-state index is 10.8. The number of rotatable bonds is 2. The van der Waals surface area contributed by atoms with Gasteiger partial charge in [0.25, 0.3) is 0 Å². The number of ether oxygens (including phenoxy) is 1. The van der Waals surface area contributed by atoms with Crippen molar-refractivity contribution < 1.29 is 14.6 Å². The van der Waals surface area contributed by atoms with Gasteiger partial charge in [0.15, 0.2) is 0 Å². The van der Waals surface area contributed by atoms with Crippen LogP contribution in [0.4, 0.5) is 5.69 Å². The monoisotopic (exact) mass is 275 g/mol. The number of nitrogens with zero attached hydrogens (tertiary/aromatic N) is 1. The maximum atomic E-state index is 10.8. The summed E-state index contributed by atoms with van der Waals surface area (Å²) in [5.41, 5.74) is 0.777. The van der Waals surface area contributed by atoms with Gasteiger partial charge in [0, 0.05) is 13.1 Å². The Morgan fingerprint density at radius 2 is 1.76 bits per heavy atom. The zero-order valence-corrected chi connectivity index (χ0v) is 10.5. The van der Waals surface area contributed by atoms with Gasteiger partial charge < -0.3 is 14.7 Å². The van der Waals surface area contributed by atoms with Crippen LogP contribution in [-0.2, 0) is 4.74 Å². The summed E-state index contributed by atoms with van der Waals surface area (Å²) in [6.45, 7) is 2.64. The lowest BCUT2D eigenvalue weighted by Crippen LogP contribution is -2.36. The first-order valence-corrected chi connectivity index (χ1v) is 5.90. The molecule has 0 saturated carbocycles. The minimum Gasteiger partial charge on any atom is -0.478 e. The van der Waals surface area contributed by atoms with Crippen molar-refractivity contribution in [2.75, 3.05) is 31.2 Å². The van der Waals surface area contributed by atoms with Crippen LogP contribution in [0.25, 0.3) is 0 Å². The third kappa shape index (κ3) is 2.65. The molecule has 1 N–H and O–H groups in total. The van der Waals surface area contributed by atoms with E-state index in [4.69, 9.17) is 33.0 Å². The lowest BCUT2D eigenvalue weighted by atomic mass is 10.2. The summed E-state index contributed by atoms with van der Waals surface area (Å²) < 4.78 is 5.24. The van der Waals surface area contributed by atoms with Crippen molar-refractivity contribution in [3.8, 4) is 0 Å². The molecule has 1 aliphatic heterocycles.